The first-order chi connectivity index (χ1) is 6.36. The normalized spacial score (nSPS) is 17.9. The minimum Gasteiger partial charge on any atom is -0.385 e. The highest BCUT2D eigenvalue weighted by atomic mass is 35.5. The topological polar surface area (TPSA) is 12.0 Å². The van der Waals surface area contributed by atoms with Crippen molar-refractivity contribution in [2.45, 2.75) is 12.8 Å². The number of halogens is 1. The molecule has 0 aromatic heterocycles. The molecule has 0 fully saturated rings. The summed E-state index contributed by atoms with van der Waals surface area (Å²) in [5.74, 6) is 0. The van der Waals surface area contributed by atoms with Crippen LogP contribution in [0.1, 0.15) is 18.4 Å². The largest absolute Gasteiger partial charge is 0.385 e. The summed E-state index contributed by atoms with van der Waals surface area (Å²) in [5.41, 5.74) is 2.37. The van der Waals surface area contributed by atoms with Gasteiger partial charge in [0.15, 0.2) is 0 Å². The summed E-state index contributed by atoms with van der Waals surface area (Å²) >= 11 is 5.91. The molecule has 1 aliphatic heterocycles. The third-order valence-corrected chi connectivity index (χ3v) is 2.41. The van der Waals surface area contributed by atoms with Crippen molar-refractivity contribution in [1.82, 2.24) is 0 Å². The van der Waals surface area contributed by atoms with Gasteiger partial charge in [-0.15, -0.1) is 0 Å². The molecule has 0 spiro atoms. The first kappa shape index (κ1) is 8.64. The molecule has 1 heterocycles. The maximum absolute atomic E-state index is 5.91. The fraction of sp³-hybridized carbons (Fsp3) is 0.273. The van der Waals surface area contributed by atoms with E-state index in [0.29, 0.717) is 0 Å². The average Bonchev–Trinajstić information content (AvgIpc) is 2.08. The molecule has 0 aliphatic carbocycles. The molecule has 0 saturated carbocycles. The van der Waals surface area contributed by atoms with Gasteiger partial charge in [0.2, 0.25) is 0 Å². The average molecular weight is 194 g/mol. The lowest BCUT2D eigenvalue weighted by Crippen LogP contribution is -2.03. The smallest absolute Gasteiger partial charge is 0.0414 e. The van der Waals surface area contributed by atoms with Crippen LogP contribution in [0.25, 0.3) is 6.08 Å². The van der Waals surface area contributed by atoms with Crippen molar-refractivity contribution in [3.63, 3.8) is 0 Å². The van der Waals surface area contributed by atoms with Crippen LogP contribution in [-0.2, 0) is 0 Å². The Morgan fingerprint density at radius 1 is 1.31 bits per heavy atom. The van der Waals surface area contributed by atoms with Gasteiger partial charge in [0, 0.05) is 17.3 Å². The van der Waals surface area contributed by atoms with E-state index in [9.17, 15) is 0 Å². The molecule has 0 bridgehead atoms. The van der Waals surface area contributed by atoms with E-state index >= 15 is 0 Å². The van der Waals surface area contributed by atoms with Gasteiger partial charge in [0.25, 0.3) is 0 Å². The van der Waals surface area contributed by atoms with Crippen LogP contribution in [0, 0.1) is 0 Å². The third-order valence-electron chi connectivity index (χ3n) is 2.17. The number of benzene rings is 1. The van der Waals surface area contributed by atoms with Crippen molar-refractivity contribution in [2.75, 3.05) is 11.9 Å². The molecule has 0 radical (unpaired) electrons. The number of hydrogen-bond acceptors (Lipinski definition) is 1. The molecule has 0 unspecified atom stereocenters. The molecule has 1 aromatic carbocycles. The summed E-state index contributed by atoms with van der Waals surface area (Å²) in [4.78, 5) is 0. The standard InChI is InChI=1S/C11H12ClN/c12-10-5-6-11-9(8-10)4-2-1-3-7-13-11/h2,4-6,8,13H,1,3,7H2/b4-2-. The molecule has 0 atom stereocenters. The van der Waals surface area contributed by atoms with E-state index in [1.165, 1.54) is 17.7 Å². The fourth-order valence-corrected chi connectivity index (χ4v) is 1.67. The van der Waals surface area contributed by atoms with Crippen LogP contribution >= 0.6 is 11.6 Å². The van der Waals surface area contributed by atoms with E-state index < -0.39 is 0 Å². The molecule has 13 heavy (non-hydrogen) atoms. The van der Waals surface area contributed by atoms with Crippen LogP contribution < -0.4 is 5.32 Å². The Hall–Kier alpha value is -0.950. The van der Waals surface area contributed by atoms with E-state index in [0.717, 1.165) is 18.0 Å². The Kier molecular flexibility index (Phi) is 2.55. The highest BCUT2D eigenvalue weighted by Crippen LogP contribution is 2.23. The first-order valence-electron chi connectivity index (χ1n) is 4.56. The molecule has 1 aliphatic rings. The Labute approximate surface area is 83.4 Å². The highest BCUT2D eigenvalue weighted by Gasteiger charge is 2.01. The number of anilines is 1. The summed E-state index contributed by atoms with van der Waals surface area (Å²) in [5, 5.41) is 4.18. The molecule has 1 N–H and O–H groups in total. The van der Waals surface area contributed by atoms with Gasteiger partial charge < -0.3 is 5.32 Å². The van der Waals surface area contributed by atoms with Gasteiger partial charge in [-0.3, -0.25) is 0 Å². The van der Waals surface area contributed by atoms with Crippen LogP contribution in [0.2, 0.25) is 5.02 Å². The Bertz CT molecular complexity index is 331. The predicted octanol–water partition coefficient (Wildman–Crippen LogP) is 3.56. The van der Waals surface area contributed by atoms with Gasteiger partial charge >= 0.3 is 0 Å². The molecule has 0 saturated heterocycles. The lowest BCUT2D eigenvalue weighted by molar-refractivity contribution is 0.888. The monoisotopic (exact) mass is 193 g/mol. The van der Waals surface area contributed by atoms with Gasteiger partial charge in [0.1, 0.15) is 0 Å². The molecule has 1 nitrogen and oxygen atoms in total. The van der Waals surface area contributed by atoms with Crippen LogP contribution in [0.3, 0.4) is 0 Å². The van der Waals surface area contributed by atoms with Gasteiger partial charge in [-0.25, -0.2) is 0 Å². The lowest BCUT2D eigenvalue weighted by Gasteiger charge is -2.11. The maximum atomic E-state index is 5.91. The number of hydrogen-bond donors (Lipinski definition) is 1. The summed E-state index contributed by atoms with van der Waals surface area (Å²) in [6.45, 7) is 1.04. The summed E-state index contributed by atoms with van der Waals surface area (Å²) < 4.78 is 0. The second-order valence-electron chi connectivity index (χ2n) is 3.20. The van der Waals surface area contributed by atoms with Crippen molar-refractivity contribution < 1.29 is 0 Å². The fourth-order valence-electron chi connectivity index (χ4n) is 1.49. The molecule has 0 amide bonds. The number of allylic oxidation sites excluding steroid dienone is 1. The van der Waals surface area contributed by atoms with Crippen molar-refractivity contribution in [1.29, 1.82) is 0 Å². The zero-order chi connectivity index (χ0) is 9.10. The lowest BCUT2D eigenvalue weighted by atomic mass is 10.1. The Balaban J connectivity index is 2.40. The number of rotatable bonds is 0. The van der Waals surface area contributed by atoms with Crippen LogP contribution in [0.5, 0.6) is 0 Å². The van der Waals surface area contributed by atoms with Crippen molar-refractivity contribution in [2.24, 2.45) is 0 Å². The molecule has 1 aromatic rings. The third kappa shape index (κ3) is 2.04. The second-order valence-corrected chi connectivity index (χ2v) is 3.64. The highest BCUT2D eigenvalue weighted by molar-refractivity contribution is 6.30. The van der Waals surface area contributed by atoms with Gasteiger partial charge in [-0.2, -0.15) is 0 Å². The Morgan fingerprint density at radius 2 is 2.23 bits per heavy atom. The molecule has 2 rings (SSSR count). The Morgan fingerprint density at radius 3 is 3.15 bits per heavy atom. The maximum Gasteiger partial charge on any atom is 0.0414 e. The first-order valence-corrected chi connectivity index (χ1v) is 4.94. The summed E-state index contributed by atoms with van der Waals surface area (Å²) in [6, 6.07) is 5.95. The zero-order valence-electron chi connectivity index (χ0n) is 7.39. The second kappa shape index (κ2) is 3.84. The van der Waals surface area contributed by atoms with E-state index in [-0.39, 0.29) is 0 Å². The van der Waals surface area contributed by atoms with E-state index in [4.69, 9.17) is 11.6 Å². The summed E-state index contributed by atoms with van der Waals surface area (Å²) in [6.07, 6.45) is 6.67. The van der Waals surface area contributed by atoms with Crippen molar-refractivity contribution >= 4 is 23.4 Å². The number of fused-ring (bicyclic) bond motifs is 1. The van der Waals surface area contributed by atoms with E-state index in [1.54, 1.807) is 0 Å². The number of nitrogens with one attached hydrogen (secondary N) is 1. The quantitative estimate of drug-likeness (QED) is 0.665. The van der Waals surface area contributed by atoms with Crippen LogP contribution in [0.15, 0.2) is 24.3 Å². The minimum atomic E-state index is 0.797. The van der Waals surface area contributed by atoms with Gasteiger partial charge in [-0.05, 0) is 36.6 Å². The van der Waals surface area contributed by atoms with Crippen molar-refractivity contribution in [3.8, 4) is 0 Å². The minimum absolute atomic E-state index is 0.797. The summed E-state index contributed by atoms with van der Waals surface area (Å²) in [7, 11) is 0. The zero-order valence-corrected chi connectivity index (χ0v) is 8.14. The van der Waals surface area contributed by atoms with Crippen molar-refractivity contribution in [3.05, 3.63) is 34.9 Å². The predicted molar refractivity (Wildman–Crippen MR) is 58.2 cm³/mol. The molecule has 2 heteroatoms. The van der Waals surface area contributed by atoms with Gasteiger partial charge in [-0.1, -0.05) is 23.8 Å². The van der Waals surface area contributed by atoms with E-state index in [2.05, 4.69) is 17.5 Å². The van der Waals surface area contributed by atoms with Crippen LogP contribution in [0.4, 0.5) is 5.69 Å². The molecular weight excluding hydrogens is 182 g/mol. The van der Waals surface area contributed by atoms with E-state index in [1.807, 2.05) is 18.2 Å². The SMILES string of the molecule is Clc1ccc2c(c1)/C=C\CCCN2. The van der Waals surface area contributed by atoms with Gasteiger partial charge in [0.05, 0.1) is 0 Å². The van der Waals surface area contributed by atoms with Crippen LogP contribution in [-0.4, -0.2) is 6.54 Å². The molecule has 68 valence electrons. The molecular formula is C11H12ClN.